The van der Waals surface area contributed by atoms with Gasteiger partial charge in [0.2, 0.25) is 0 Å². The summed E-state index contributed by atoms with van der Waals surface area (Å²) >= 11 is 1.92. The molecule has 14 aromatic rings. The lowest BCUT2D eigenvalue weighted by molar-refractivity contribution is 0.590. The molecule has 0 bridgehead atoms. The van der Waals surface area contributed by atoms with Gasteiger partial charge >= 0.3 is 0 Å². The van der Waals surface area contributed by atoms with Gasteiger partial charge in [-0.15, -0.1) is 11.3 Å². The van der Waals surface area contributed by atoms with Crippen molar-refractivity contribution in [2.24, 2.45) is 0 Å². The molecule has 1 unspecified atom stereocenters. The third kappa shape index (κ3) is 6.50. The Morgan fingerprint density at radius 3 is 1.60 bits per heavy atom. The highest BCUT2D eigenvalue weighted by Crippen LogP contribution is 2.67. The number of hydrogen-bond acceptors (Lipinski definition) is 4. The van der Waals surface area contributed by atoms with Gasteiger partial charge in [-0.3, -0.25) is 0 Å². The van der Waals surface area contributed by atoms with Gasteiger partial charge in [0.25, 0.3) is 0 Å². The van der Waals surface area contributed by atoms with Crippen molar-refractivity contribution in [2.45, 2.75) is 57.8 Å². The van der Waals surface area contributed by atoms with E-state index in [2.05, 4.69) is 292 Å². The predicted octanol–water partition coefficient (Wildman–Crippen LogP) is 21.3. The highest BCUT2D eigenvalue weighted by Gasteiger charge is 2.54. The average Bonchev–Trinajstić information content (AvgIpc) is 2.40. The van der Waals surface area contributed by atoms with E-state index in [1.165, 1.54) is 92.2 Å². The Labute approximate surface area is 470 Å². The molecule has 0 fully saturated rings. The SMILES string of the molecule is CC(C)(C)c1ccc(N(c2ccccc2)c2cc3c(c4c2oc2ccccc24)-c2c(cc(N(c4ccccc4)c4ccc(C(C)(C)C)cc4)c4c2sc2ccccc24)C32c3ccccc3-n3c4ccccc4c4cccc2c43)cc1. The van der Waals surface area contributed by atoms with Crippen LogP contribution >= 0.6 is 11.3 Å². The number of hydrogen-bond donors (Lipinski definition) is 0. The van der Waals surface area contributed by atoms with Crippen LogP contribution in [0.25, 0.3) is 80.7 Å². The molecule has 1 spiro atoms. The molecule has 5 heteroatoms. The summed E-state index contributed by atoms with van der Waals surface area (Å²) in [5.74, 6) is 0. The minimum atomic E-state index is -0.845. The summed E-state index contributed by atoms with van der Waals surface area (Å²) in [7, 11) is 0. The molecule has 0 amide bonds. The maximum absolute atomic E-state index is 7.46. The quantitative estimate of drug-likeness (QED) is 0.166. The Balaban J connectivity index is 1.13. The Bertz CT molecular complexity index is 4840. The van der Waals surface area contributed by atoms with Crippen LogP contribution in [0.5, 0.6) is 0 Å². The number of furan rings is 1. The number of nitrogens with zero attached hydrogens (tertiary/aromatic N) is 3. The van der Waals surface area contributed by atoms with Crippen molar-refractivity contribution in [3.8, 4) is 16.8 Å². The largest absolute Gasteiger partial charge is 0.454 e. The number of aromatic nitrogens is 1. The topological polar surface area (TPSA) is 24.6 Å². The molecule has 4 heterocycles. The molecule has 0 saturated carbocycles. The number of anilines is 6. The van der Waals surface area contributed by atoms with E-state index in [0.717, 1.165) is 56.1 Å². The fraction of sp³-hybridized carbons (Fsp3) is 0.120. The summed E-state index contributed by atoms with van der Waals surface area (Å²) in [4.78, 5) is 4.98. The number of thiophene rings is 1. The molecule has 16 rings (SSSR count). The lowest BCUT2D eigenvalue weighted by atomic mass is 9.65. The second-order valence-corrected chi connectivity index (χ2v) is 25.1. The minimum Gasteiger partial charge on any atom is -0.454 e. The zero-order chi connectivity index (χ0) is 53.8. The van der Waals surface area contributed by atoms with E-state index in [0.29, 0.717) is 0 Å². The van der Waals surface area contributed by atoms with Crippen LogP contribution < -0.4 is 9.80 Å². The molecule has 4 nitrogen and oxygen atoms in total. The van der Waals surface area contributed by atoms with Crippen LogP contribution in [0.2, 0.25) is 0 Å². The maximum atomic E-state index is 7.46. The zero-order valence-corrected chi connectivity index (χ0v) is 46.5. The Kier molecular flexibility index (Phi) is 9.92. The van der Waals surface area contributed by atoms with Gasteiger partial charge in [-0.1, -0.05) is 193 Å². The highest BCUT2D eigenvalue weighted by atomic mass is 32.1. The van der Waals surface area contributed by atoms with Gasteiger partial charge in [-0.25, -0.2) is 0 Å². The molecule has 1 aliphatic heterocycles. The van der Waals surface area contributed by atoms with Gasteiger partial charge in [-0.2, -0.15) is 0 Å². The second kappa shape index (κ2) is 16.9. The van der Waals surface area contributed by atoms with Crippen LogP contribution in [0.3, 0.4) is 0 Å². The van der Waals surface area contributed by atoms with Gasteiger partial charge in [0, 0.05) is 75.6 Å². The maximum Gasteiger partial charge on any atom is 0.160 e. The Morgan fingerprint density at radius 1 is 0.412 bits per heavy atom. The molecule has 80 heavy (non-hydrogen) atoms. The van der Waals surface area contributed by atoms with E-state index in [-0.39, 0.29) is 10.8 Å². The fourth-order valence-electron chi connectivity index (χ4n) is 13.9. The minimum absolute atomic E-state index is 0.00999. The van der Waals surface area contributed by atoms with Crippen molar-refractivity contribution in [1.29, 1.82) is 0 Å². The first-order valence-corrected chi connectivity index (χ1v) is 28.8. The molecular formula is C75H57N3OS. The lowest BCUT2D eigenvalue weighted by Gasteiger charge is -2.40. The van der Waals surface area contributed by atoms with Crippen molar-refractivity contribution in [3.05, 3.63) is 270 Å². The molecule has 0 radical (unpaired) electrons. The van der Waals surface area contributed by atoms with Crippen LogP contribution in [-0.2, 0) is 16.2 Å². The fourth-order valence-corrected chi connectivity index (χ4v) is 15.1. The summed E-state index contributed by atoms with van der Waals surface area (Å²) < 4.78 is 12.5. The van der Waals surface area contributed by atoms with Gasteiger partial charge in [0.15, 0.2) is 5.58 Å². The molecule has 384 valence electrons. The first-order valence-electron chi connectivity index (χ1n) is 28.0. The highest BCUT2D eigenvalue weighted by molar-refractivity contribution is 7.26. The van der Waals surface area contributed by atoms with Crippen molar-refractivity contribution in [2.75, 3.05) is 9.80 Å². The van der Waals surface area contributed by atoms with Gasteiger partial charge in [0.1, 0.15) is 5.58 Å². The number of benzene rings is 11. The van der Waals surface area contributed by atoms with Crippen molar-refractivity contribution in [1.82, 2.24) is 4.57 Å². The average molecular weight is 1050 g/mol. The van der Waals surface area contributed by atoms with Crippen LogP contribution in [0, 0.1) is 0 Å². The monoisotopic (exact) mass is 1050 g/mol. The van der Waals surface area contributed by atoms with Crippen LogP contribution in [-0.4, -0.2) is 4.57 Å². The van der Waals surface area contributed by atoms with Crippen LogP contribution in [0.15, 0.2) is 241 Å². The summed E-state index contributed by atoms with van der Waals surface area (Å²) in [6.45, 7) is 13.8. The first kappa shape index (κ1) is 46.9. The molecule has 0 saturated heterocycles. The van der Waals surface area contributed by atoms with Crippen molar-refractivity contribution < 1.29 is 4.42 Å². The van der Waals surface area contributed by atoms with Crippen LogP contribution in [0.1, 0.15) is 74.9 Å². The molecule has 2 aliphatic rings. The number of para-hydroxylation sites is 6. The summed E-state index contributed by atoms with van der Waals surface area (Å²) in [6, 6.07) is 88.7. The predicted molar refractivity (Wildman–Crippen MR) is 339 cm³/mol. The summed E-state index contributed by atoms with van der Waals surface area (Å²) in [5.41, 5.74) is 21.0. The van der Waals surface area contributed by atoms with Gasteiger partial charge < -0.3 is 18.8 Å². The molecule has 1 aliphatic carbocycles. The lowest BCUT2D eigenvalue weighted by Crippen LogP contribution is -2.33. The number of rotatable bonds is 6. The van der Waals surface area contributed by atoms with Gasteiger partial charge in [0.05, 0.1) is 33.5 Å². The first-order chi connectivity index (χ1) is 39.0. The smallest absolute Gasteiger partial charge is 0.160 e. The Hall–Kier alpha value is -9.16. The van der Waals surface area contributed by atoms with E-state index < -0.39 is 5.41 Å². The Morgan fingerprint density at radius 2 is 0.925 bits per heavy atom. The van der Waals surface area contributed by atoms with E-state index in [1.807, 2.05) is 11.3 Å². The zero-order valence-electron chi connectivity index (χ0n) is 45.7. The van der Waals surface area contributed by atoms with E-state index in [1.54, 1.807) is 0 Å². The van der Waals surface area contributed by atoms with E-state index in [9.17, 15) is 0 Å². The van der Waals surface area contributed by atoms with Crippen molar-refractivity contribution >= 4 is 109 Å². The van der Waals surface area contributed by atoms with Gasteiger partial charge in [-0.05, 0) is 129 Å². The summed E-state index contributed by atoms with van der Waals surface area (Å²) in [6.07, 6.45) is 0. The van der Waals surface area contributed by atoms with E-state index in [4.69, 9.17) is 4.42 Å². The van der Waals surface area contributed by atoms with Crippen LogP contribution in [0.4, 0.5) is 34.1 Å². The number of fused-ring (bicyclic) bond motifs is 20. The molecule has 11 aromatic carbocycles. The second-order valence-electron chi connectivity index (χ2n) is 24.0. The molecule has 3 aromatic heterocycles. The normalized spacial score (nSPS) is 14.7. The van der Waals surface area contributed by atoms with E-state index >= 15 is 0 Å². The third-order valence-corrected chi connectivity index (χ3v) is 18.6. The van der Waals surface area contributed by atoms with Crippen molar-refractivity contribution in [3.63, 3.8) is 0 Å². The molecule has 0 N–H and O–H groups in total. The molecule has 1 atom stereocenters. The standard InChI is InChI=1S/C75H57N3OS/c1-73(2,3)46-36-40-50(41-37-46)76(48-22-9-7-10-23-48)62-44-59-69(72-66(62)55-28-15-20-35-65(55)80-72)68-58(75(59)56-30-16-18-33-61(56)78-60-32-17-13-26-52(60)53-29-21-31-57(75)70(53)78)45-63(71-67(68)54-27-14-19-34-64(54)79-71)77(49-24-11-8-12-25-49)51-42-38-47(39-43-51)74(4,5)6/h7-45H,1-6H3. The molecular weight excluding hydrogens is 991 g/mol. The summed E-state index contributed by atoms with van der Waals surface area (Å²) in [5, 5.41) is 7.19. The third-order valence-electron chi connectivity index (χ3n) is 17.5.